The van der Waals surface area contributed by atoms with Gasteiger partial charge in [0.2, 0.25) is 0 Å². The molecule has 11 heteroatoms. The fourth-order valence-corrected chi connectivity index (χ4v) is 4.28. The summed E-state index contributed by atoms with van der Waals surface area (Å²) in [4.78, 5) is 25.7. The van der Waals surface area contributed by atoms with Crippen molar-refractivity contribution in [1.82, 2.24) is 24.5 Å². The molecule has 0 aliphatic carbocycles. The van der Waals surface area contributed by atoms with Crippen molar-refractivity contribution in [2.24, 2.45) is 0 Å². The van der Waals surface area contributed by atoms with Gasteiger partial charge in [-0.1, -0.05) is 12.1 Å². The van der Waals surface area contributed by atoms with Crippen LogP contribution in [0.3, 0.4) is 0 Å². The SMILES string of the molecule is COc1ccc(-c2cnc3ncnn3c2N2CCN(C(=O)Nc3ccc(OC)c(OC)c3)CC2)cc1. The number of carbonyl (C=O) groups excluding carboxylic acids is 1. The van der Waals surface area contributed by atoms with E-state index in [1.807, 2.05) is 30.5 Å². The molecule has 0 unspecified atom stereocenters. The van der Waals surface area contributed by atoms with Gasteiger partial charge >= 0.3 is 6.03 Å². The molecule has 0 spiro atoms. The Kier molecular flexibility index (Phi) is 6.44. The van der Waals surface area contributed by atoms with Crippen LogP contribution in [-0.4, -0.2) is 78.0 Å². The Balaban J connectivity index is 1.34. The highest BCUT2D eigenvalue weighted by atomic mass is 16.5. The molecule has 186 valence electrons. The first-order valence-electron chi connectivity index (χ1n) is 11.5. The summed E-state index contributed by atoms with van der Waals surface area (Å²) in [5.74, 6) is 3.36. The number of rotatable bonds is 6. The van der Waals surface area contributed by atoms with Gasteiger partial charge in [-0.25, -0.2) is 9.78 Å². The zero-order valence-electron chi connectivity index (χ0n) is 20.3. The fraction of sp³-hybridized carbons (Fsp3) is 0.280. The normalized spacial score (nSPS) is 13.5. The lowest BCUT2D eigenvalue weighted by atomic mass is 10.1. The lowest BCUT2D eigenvalue weighted by molar-refractivity contribution is 0.208. The van der Waals surface area contributed by atoms with Gasteiger partial charge in [0.1, 0.15) is 17.9 Å². The van der Waals surface area contributed by atoms with Crippen LogP contribution in [0.15, 0.2) is 55.0 Å². The van der Waals surface area contributed by atoms with E-state index in [9.17, 15) is 4.79 Å². The van der Waals surface area contributed by atoms with Crippen LogP contribution in [-0.2, 0) is 0 Å². The number of hydrogen-bond donors (Lipinski definition) is 1. The van der Waals surface area contributed by atoms with Crippen LogP contribution < -0.4 is 24.4 Å². The molecular formula is C25H27N7O4. The van der Waals surface area contributed by atoms with Crippen LogP contribution in [0.4, 0.5) is 16.3 Å². The minimum Gasteiger partial charge on any atom is -0.497 e. The molecule has 2 amide bonds. The number of anilines is 2. The fourth-order valence-electron chi connectivity index (χ4n) is 4.28. The van der Waals surface area contributed by atoms with Gasteiger partial charge in [-0.05, 0) is 29.8 Å². The highest BCUT2D eigenvalue weighted by molar-refractivity contribution is 5.90. The summed E-state index contributed by atoms with van der Waals surface area (Å²) in [5.41, 5.74) is 2.56. The van der Waals surface area contributed by atoms with E-state index in [1.54, 1.807) is 48.9 Å². The summed E-state index contributed by atoms with van der Waals surface area (Å²) in [6.07, 6.45) is 3.31. The molecule has 5 rings (SSSR count). The number of ether oxygens (including phenoxy) is 3. The molecule has 0 saturated carbocycles. The zero-order chi connectivity index (χ0) is 25.1. The Bertz CT molecular complexity index is 1360. The maximum absolute atomic E-state index is 13.0. The van der Waals surface area contributed by atoms with Crippen molar-refractivity contribution in [3.05, 3.63) is 55.0 Å². The van der Waals surface area contributed by atoms with E-state index in [1.165, 1.54) is 6.33 Å². The second kappa shape index (κ2) is 9.98. The van der Waals surface area contributed by atoms with Crippen LogP contribution in [0.5, 0.6) is 17.2 Å². The molecule has 1 saturated heterocycles. The maximum Gasteiger partial charge on any atom is 0.321 e. The zero-order valence-corrected chi connectivity index (χ0v) is 20.3. The van der Waals surface area contributed by atoms with Crippen molar-refractivity contribution in [2.75, 3.05) is 57.7 Å². The molecule has 0 radical (unpaired) electrons. The van der Waals surface area contributed by atoms with E-state index >= 15 is 0 Å². The molecule has 1 fully saturated rings. The van der Waals surface area contributed by atoms with Crippen LogP contribution in [0.2, 0.25) is 0 Å². The predicted molar refractivity (Wildman–Crippen MR) is 135 cm³/mol. The molecule has 0 bridgehead atoms. The van der Waals surface area contributed by atoms with Gasteiger partial charge in [0.15, 0.2) is 11.5 Å². The minimum atomic E-state index is -0.169. The van der Waals surface area contributed by atoms with Crippen molar-refractivity contribution in [2.45, 2.75) is 0 Å². The Hall–Kier alpha value is -4.54. The number of aromatic nitrogens is 4. The number of carbonyl (C=O) groups is 1. The van der Waals surface area contributed by atoms with Crippen molar-refractivity contribution in [1.29, 1.82) is 0 Å². The molecule has 2 aromatic heterocycles. The summed E-state index contributed by atoms with van der Waals surface area (Å²) in [6.45, 7) is 2.34. The summed E-state index contributed by atoms with van der Waals surface area (Å²) < 4.78 is 17.7. The van der Waals surface area contributed by atoms with Crippen molar-refractivity contribution < 1.29 is 19.0 Å². The average molecular weight is 490 g/mol. The van der Waals surface area contributed by atoms with Crippen LogP contribution in [0.1, 0.15) is 0 Å². The Labute approximate surface area is 208 Å². The van der Waals surface area contributed by atoms with E-state index in [2.05, 4.69) is 25.3 Å². The van der Waals surface area contributed by atoms with Gasteiger partial charge in [0, 0.05) is 49.7 Å². The number of methoxy groups -OCH3 is 3. The first-order valence-corrected chi connectivity index (χ1v) is 11.5. The number of urea groups is 1. The monoisotopic (exact) mass is 489 g/mol. The third-order valence-electron chi connectivity index (χ3n) is 6.18. The van der Waals surface area contributed by atoms with E-state index in [0.29, 0.717) is 49.1 Å². The number of nitrogens with zero attached hydrogens (tertiary/aromatic N) is 6. The minimum absolute atomic E-state index is 0.169. The molecule has 0 atom stereocenters. The predicted octanol–water partition coefficient (Wildman–Crippen LogP) is 3.17. The topological polar surface area (TPSA) is 106 Å². The Morgan fingerprint density at radius 3 is 2.33 bits per heavy atom. The third-order valence-corrected chi connectivity index (χ3v) is 6.18. The maximum atomic E-state index is 13.0. The Morgan fingerprint density at radius 1 is 0.889 bits per heavy atom. The lowest BCUT2D eigenvalue weighted by Gasteiger charge is -2.36. The summed E-state index contributed by atoms with van der Waals surface area (Å²) in [6, 6.07) is 12.9. The quantitative estimate of drug-likeness (QED) is 0.440. The number of piperazine rings is 1. The van der Waals surface area contributed by atoms with Gasteiger partial charge in [-0.15, -0.1) is 0 Å². The van der Waals surface area contributed by atoms with E-state index in [-0.39, 0.29) is 6.03 Å². The second-order valence-electron chi connectivity index (χ2n) is 8.17. The van der Waals surface area contributed by atoms with E-state index in [4.69, 9.17) is 14.2 Å². The summed E-state index contributed by atoms with van der Waals surface area (Å²) in [5, 5.41) is 7.37. The van der Waals surface area contributed by atoms with Crippen LogP contribution in [0.25, 0.3) is 16.9 Å². The first kappa shape index (κ1) is 23.2. The molecule has 3 heterocycles. The molecule has 4 aromatic rings. The highest BCUT2D eigenvalue weighted by Gasteiger charge is 2.26. The molecule has 1 aliphatic rings. The van der Waals surface area contributed by atoms with Gasteiger partial charge in [-0.2, -0.15) is 14.6 Å². The number of amides is 2. The lowest BCUT2D eigenvalue weighted by Crippen LogP contribution is -2.50. The smallest absolute Gasteiger partial charge is 0.321 e. The number of nitrogens with one attached hydrogen (secondary N) is 1. The summed E-state index contributed by atoms with van der Waals surface area (Å²) in [7, 11) is 4.78. The Morgan fingerprint density at radius 2 is 1.64 bits per heavy atom. The van der Waals surface area contributed by atoms with Crippen LogP contribution in [0, 0.1) is 0 Å². The molecule has 11 nitrogen and oxygen atoms in total. The average Bonchev–Trinajstić information content (AvgIpc) is 3.41. The van der Waals surface area contributed by atoms with Crippen molar-refractivity contribution in [3.63, 3.8) is 0 Å². The number of fused-ring (bicyclic) bond motifs is 1. The molecule has 1 aliphatic heterocycles. The molecule has 1 N–H and O–H groups in total. The van der Waals surface area contributed by atoms with Gasteiger partial charge in [0.25, 0.3) is 5.78 Å². The second-order valence-corrected chi connectivity index (χ2v) is 8.17. The van der Waals surface area contributed by atoms with E-state index < -0.39 is 0 Å². The largest absolute Gasteiger partial charge is 0.497 e. The van der Waals surface area contributed by atoms with Gasteiger partial charge in [-0.3, -0.25) is 0 Å². The van der Waals surface area contributed by atoms with Crippen molar-refractivity contribution >= 4 is 23.3 Å². The molecular weight excluding hydrogens is 462 g/mol. The third kappa shape index (κ3) is 4.42. The standard InChI is InChI=1S/C25H27N7O4/c1-34-19-7-4-17(5-8-19)20-15-26-24-27-16-28-32(24)23(20)30-10-12-31(13-11-30)25(33)29-18-6-9-21(35-2)22(14-18)36-3/h4-9,14-16H,10-13H2,1-3H3,(H,29,33). The summed E-state index contributed by atoms with van der Waals surface area (Å²) >= 11 is 0. The van der Waals surface area contributed by atoms with Gasteiger partial charge in [0.05, 0.1) is 21.3 Å². The van der Waals surface area contributed by atoms with Crippen molar-refractivity contribution in [3.8, 4) is 28.4 Å². The highest BCUT2D eigenvalue weighted by Crippen LogP contribution is 2.33. The van der Waals surface area contributed by atoms with Gasteiger partial charge < -0.3 is 29.3 Å². The molecule has 2 aromatic carbocycles. The number of hydrogen-bond acceptors (Lipinski definition) is 8. The van der Waals surface area contributed by atoms with E-state index in [0.717, 1.165) is 22.7 Å². The molecule has 36 heavy (non-hydrogen) atoms. The van der Waals surface area contributed by atoms with Crippen LogP contribution >= 0.6 is 0 Å². The number of benzene rings is 2. The first-order chi connectivity index (χ1) is 17.6.